The minimum absolute atomic E-state index is 0.652. The maximum absolute atomic E-state index is 5.57. The number of aryl methyl sites for hydroxylation is 1. The van der Waals surface area contributed by atoms with Crippen LogP contribution in [0.25, 0.3) is 0 Å². The number of hydrogen-bond donors (Lipinski definition) is 1. The van der Waals surface area contributed by atoms with Crippen molar-refractivity contribution in [1.82, 2.24) is 0 Å². The number of nitrogens with two attached hydrogens (primary N) is 1. The van der Waals surface area contributed by atoms with E-state index in [1.165, 1.54) is 43.2 Å². The van der Waals surface area contributed by atoms with E-state index in [0.29, 0.717) is 5.92 Å². The van der Waals surface area contributed by atoms with E-state index in [0.717, 1.165) is 18.9 Å². The summed E-state index contributed by atoms with van der Waals surface area (Å²) in [7, 11) is 0. The van der Waals surface area contributed by atoms with Crippen molar-refractivity contribution in [2.24, 2.45) is 11.7 Å². The van der Waals surface area contributed by atoms with Crippen LogP contribution in [-0.4, -0.2) is 6.54 Å². The molecule has 94 valence electrons. The molecule has 1 fully saturated rings. The zero-order valence-electron chi connectivity index (χ0n) is 11.0. The van der Waals surface area contributed by atoms with Gasteiger partial charge in [-0.1, -0.05) is 44.0 Å². The van der Waals surface area contributed by atoms with Crippen molar-refractivity contribution in [1.29, 1.82) is 0 Å². The van der Waals surface area contributed by atoms with Gasteiger partial charge in [0, 0.05) is 0 Å². The molecule has 1 aliphatic carbocycles. The SMILES string of the molecule is CC(CCCN)c1cccc(CCC2CC2)c1. The second-order valence-corrected chi connectivity index (χ2v) is 5.56. The Morgan fingerprint density at radius 2 is 2.18 bits per heavy atom. The van der Waals surface area contributed by atoms with Crippen LogP contribution in [0.2, 0.25) is 0 Å². The van der Waals surface area contributed by atoms with E-state index in [-0.39, 0.29) is 0 Å². The average Bonchev–Trinajstić information content (AvgIpc) is 3.18. The highest BCUT2D eigenvalue weighted by atomic mass is 14.5. The summed E-state index contributed by atoms with van der Waals surface area (Å²) in [6.45, 7) is 3.13. The molecule has 1 atom stereocenters. The first-order valence-electron chi connectivity index (χ1n) is 7.08. The quantitative estimate of drug-likeness (QED) is 0.757. The Kier molecular flexibility index (Phi) is 4.61. The number of rotatable bonds is 7. The molecule has 1 heteroatoms. The Hall–Kier alpha value is -0.820. The lowest BCUT2D eigenvalue weighted by Gasteiger charge is -2.12. The molecule has 0 radical (unpaired) electrons. The summed E-state index contributed by atoms with van der Waals surface area (Å²) in [5.41, 5.74) is 8.59. The van der Waals surface area contributed by atoms with Crippen LogP contribution in [0.15, 0.2) is 24.3 Å². The minimum atomic E-state index is 0.652. The number of hydrogen-bond acceptors (Lipinski definition) is 1. The molecule has 0 aliphatic heterocycles. The summed E-state index contributed by atoms with van der Waals surface area (Å²) < 4.78 is 0. The predicted octanol–water partition coefficient (Wildman–Crippen LogP) is 3.87. The first-order valence-corrected chi connectivity index (χ1v) is 7.08. The molecule has 0 aromatic heterocycles. The summed E-state index contributed by atoms with van der Waals surface area (Å²) in [4.78, 5) is 0. The molecular weight excluding hydrogens is 206 g/mol. The fourth-order valence-electron chi connectivity index (χ4n) is 2.42. The van der Waals surface area contributed by atoms with Crippen LogP contribution < -0.4 is 5.73 Å². The van der Waals surface area contributed by atoms with E-state index >= 15 is 0 Å². The van der Waals surface area contributed by atoms with Gasteiger partial charge in [-0.15, -0.1) is 0 Å². The second-order valence-electron chi connectivity index (χ2n) is 5.56. The third-order valence-corrected chi connectivity index (χ3v) is 3.90. The fraction of sp³-hybridized carbons (Fsp3) is 0.625. The van der Waals surface area contributed by atoms with E-state index in [1.807, 2.05) is 0 Å². The van der Waals surface area contributed by atoms with Gasteiger partial charge in [0.15, 0.2) is 0 Å². The zero-order valence-corrected chi connectivity index (χ0v) is 11.0. The van der Waals surface area contributed by atoms with E-state index < -0.39 is 0 Å². The summed E-state index contributed by atoms with van der Waals surface area (Å²) in [6.07, 6.45) is 7.93. The lowest BCUT2D eigenvalue weighted by molar-refractivity contribution is 0.639. The van der Waals surface area contributed by atoms with Crippen molar-refractivity contribution in [3.05, 3.63) is 35.4 Å². The third kappa shape index (κ3) is 4.16. The first kappa shape index (κ1) is 12.6. The summed E-state index contributed by atoms with van der Waals surface area (Å²) in [5.74, 6) is 1.69. The van der Waals surface area contributed by atoms with Gasteiger partial charge in [-0.25, -0.2) is 0 Å². The van der Waals surface area contributed by atoms with E-state index in [9.17, 15) is 0 Å². The second kappa shape index (κ2) is 6.20. The Balaban J connectivity index is 1.89. The standard InChI is InChI=1S/C16H25N/c1-13(4-3-11-17)16-6-2-5-15(12-16)10-9-14-7-8-14/h2,5-6,12-14H,3-4,7-11,17H2,1H3. The highest BCUT2D eigenvalue weighted by Crippen LogP contribution is 2.33. The van der Waals surface area contributed by atoms with Gasteiger partial charge in [0.25, 0.3) is 0 Å². The molecule has 1 unspecified atom stereocenters. The van der Waals surface area contributed by atoms with Gasteiger partial charge in [-0.05, 0) is 55.2 Å². The van der Waals surface area contributed by atoms with Crippen LogP contribution in [0, 0.1) is 5.92 Å². The van der Waals surface area contributed by atoms with Gasteiger partial charge in [-0.2, -0.15) is 0 Å². The molecular formula is C16H25N. The molecule has 1 nitrogen and oxygen atoms in total. The van der Waals surface area contributed by atoms with Crippen LogP contribution in [0.4, 0.5) is 0 Å². The summed E-state index contributed by atoms with van der Waals surface area (Å²) >= 11 is 0. The zero-order chi connectivity index (χ0) is 12.1. The third-order valence-electron chi connectivity index (χ3n) is 3.90. The Bertz CT molecular complexity index is 341. The van der Waals surface area contributed by atoms with Gasteiger partial charge in [-0.3, -0.25) is 0 Å². The van der Waals surface area contributed by atoms with Crippen molar-refractivity contribution in [2.75, 3.05) is 6.54 Å². The maximum atomic E-state index is 5.57. The molecule has 1 aromatic carbocycles. The molecule has 0 saturated heterocycles. The normalized spacial score (nSPS) is 17.1. The molecule has 0 heterocycles. The molecule has 0 spiro atoms. The van der Waals surface area contributed by atoms with Crippen molar-refractivity contribution >= 4 is 0 Å². The predicted molar refractivity (Wildman–Crippen MR) is 74.2 cm³/mol. The summed E-state index contributed by atoms with van der Waals surface area (Å²) in [6, 6.07) is 9.17. The topological polar surface area (TPSA) is 26.0 Å². The van der Waals surface area contributed by atoms with Crippen molar-refractivity contribution in [2.45, 2.75) is 51.4 Å². The van der Waals surface area contributed by atoms with Gasteiger partial charge in [0.2, 0.25) is 0 Å². The molecule has 2 N–H and O–H groups in total. The van der Waals surface area contributed by atoms with Crippen molar-refractivity contribution in [3.8, 4) is 0 Å². The van der Waals surface area contributed by atoms with Crippen LogP contribution in [0.3, 0.4) is 0 Å². The molecule has 0 amide bonds. The molecule has 17 heavy (non-hydrogen) atoms. The van der Waals surface area contributed by atoms with E-state index in [2.05, 4.69) is 31.2 Å². The summed E-state index contributed by atoms with van der Waals surface area (Å²) in [5, 5.41) is 0. The highest BCUT2D eigenvalue weighted by molar-refractivity contribution is 5.26. The van der Waals surface area contributed by atoms with Gasteiger partial charge in [0.05, 0.1) is 0 Å². The Morgan fingerprint density at radius 1 is 1.35 bits per heavy atom. The first-order chi connectivity index (χ1) is 8.29. The van der Waals surface area contributed by atoms with Crippen LogP contribution in [0.5, 0.6) is 0 Å². The van der Waals surface area contributed by atoms with Gasteiger partial charge >= 0.3 is 0 Å². The largest absolute Gasteiger partial charge is 0.330 e. The van der Waals surface area contributed by atoms with Crippen LogP contribution in [0.1, 0.15) is 56.1 Å². The fourth-order valence-corrected chi connectivity index (χ4v) is 2.42. The molecule has 1 aliphatic rings. The van der Waals surface area contributed by atoms with E-state index in [4.69, 9.17) is 5.73 Å². The Morgan fingerprint density at radius 3 is 2.88 bits per heavy atom. The monoisotopic (exact) mass is 231 g/mol. The molecule has 0 bridgehead atoms. The molecule has 1 aromatic rings. The van der Waals surface area contributed by atoms with Crippen molar-refractivity contribution < 1.29 is 0 Å². The van der Waals surface area contributed by atoms with E-state index in [1.54, 1.807) is 0 Å². The van der Waals surface area contributed by atoms with Crippen molar-refractivity contribution in [3.63, 3.8) is 0 Å². The number of benzene rings is 1. The van der Waals surface area contributed by atoms with Gasteiger partial charge < -0.3 is 5.73 Å². The maximum Gasteiger partial charge on any atom is -0.00771 e. The minimum Gasteiger partial charge on any atom is -0.330 e. The highest BCUT2D eigenvalue weighted by Gasteiger charge is 2.20. The lowest BCUT2D eigenvalue weighted by atomic mass is 9.93. The molecule has 1 saturated carbocycles. The average molecular weight is 231 g/mol. The smallest absolute Gasteiger partial charge is 0.00771 e. The molecule has 2 rings (SSSR count). The van der Waals surface area contributed by atoms with Gasteiger partial charge in [0.1, 0.15) is 0 Å². The lowest BCUT2D eigenvalue weighted by Crippen LogP contribution is -2.02. The van der Waals surface area contributed by atoms with Crippen LogP contribution in [-0.2, 0) is 6.42 Å². The Labute approximate surface area is 105 Å². The van der Waals surface area contributed by atoms with Crippen LogP contribution >= 0.6 is 0 Å².